The lowest BCUT2D eigenvalue weighted by Gasteiger charge is -2.31. The van der Waals surface area contributed by atoms with Crippen LogP contribution < -0.4 is 4.90 Å². The van der Waals surface area contributed by atoms with E-state index in [9.17, 15) is 13.9 Å². The van der Waals surface area contributed by atoms with Crippen LogP contribution in [-0.2, 0) is 0 Å². The fourth-order valence-electron chi connectivity index (χ4n) is 3.09. The molecule has 1 saturated heterocycles. The highest BCUT2D eigenvalue weighted by atomic mass is 35.5. The molecule has 0 saturated carbocycles. The van der Waals surface area contributed by atoms with E-state index >= 15 is 0 Å². The van der Waals surface area contributed by atoms with Crippen LogP contribution in [0.3, 0.4) is 0 Å². The van der Waals surface area contributed by atoms with Gasteiger partial charge in [-0.15, -0.1) is 0 Å². The molecule has 0 amide bonds. The average molecular weight is 377 g/mol. The van der Waals surface area contributed by atoms with Crippen molar-refractivity contribution in [3.63, 3.8) is 0 Å². The van der Waals surface area contributed by atoms with Gasteiger partial charge in [0.05, 0.1) is 27.6 Å². The Kier molecular flexibility index (Phi) is 4.42. The van der Waals surface area contributed by atoms with Crippen molar-refractivity contribution in [1.82, 2.24) is 15.0 Å². The molecule has 5 nitrogen and oxygen atoms in total. The summed E-state index contributed by atoms with van der Waals surface area (Å²) < 4.78 is 28.2. The van der Waals surface area contributed by atoms with Crippen LogP contribution >= 0.6 is 11.6 Å². The number of aromatic nitrogens is 3. The number of fused-ring (bicyclic) bond motifs is 1. The topological polar surface area (TPSA) is 62.1 Å². The van der Waals surface area contributed by atoms with Crippen molar-refractivity contribution in [3.05, 3.63) is 47.2 Å². The molecule has 26 heavy (non-hydrogen) atoms. The molecular formula is C18H15ClF2N4O. The highest BCUT2D eigenvalue weighted by Gasteiger charge is 2.22. The monoisotopic (exact) mass is 376 g/mol. The van der Waals surface area contributed by atoms with Gasteiger partial charge < -0.3 is 10.0 Å². The fourth-order valence-corrected chi connectivity index (χ4v) is 3.24. The molecule has 3 heterocycles. The third-order valence-corrected chi connectivity index (χ3v) is 4.78. The van der Waals surface area contributed by atoms with Gasteiger partial charge in [0, 0.05) is 25.5 Å². The number of piperidine rings is 1. The molecule has 1 fully saturated rings. The second-order valence-electron chi connectivity index (χ2n) is 6.23. The van der Waals surface area contributed by atoms with Crippen molar-refractivity contribution in [1.29, 1.82) is 0 Å². The van der Waals surface area contributed by atoms with Crippen LogP contribution in [-0.4, -0.2) is 39.3 Å². The largest absolute Gasteiger partial charge is 0.393 e. The fraction of sp³-hybridized carbons (Fsp3) is 0.278. The van der Waals surface area contributed by atoms with Crippen LogP contribution in [0.2, 0.25) is 5.02 Å². The Labute approximate surface area is 153 Å². The van der Waals surface area contributed by atoms with Crippen molar-refractivity contribution >= 4 is 28.3 Å². The minimum Gasteiger partial charge on any atom is -0.393 e. The number of hydrogen-bond acceptors (Lipinski definition) is 5. The van der Waals surface area contributed by atoms with Gasteiger partial charge >= 0.3 is 0 Å². The van der Waals surface area contributed by atoms with Crippen LogP contribution in [0, 0.1) is 11.6 Å². The average Bonchev–Trinajstić information content (AvgIpc) is 2.64. The van der Waals surface area contributed by atoms with Gasteiger partial charge in [0.1, 0.15) is 17.5 Å². The molecule has 1 aromatic carbocycles. The molecule has 1 N–H and O–H groups in total. The molecule has 0 unspecified atom stereocenters. The zero-order valence-corrected chi connectivity index (χ0v) is 14.4. The Morgan fingerprint density at radius 1 is 1.12 bits per heavy atom. The van der Waals surface area contributed by atoms with E-state index in [-0.39, 0.29) is 22.5 Å². The van der Waals surface area contributed by atoms with E-state index in [4.69, 9.17) is 11.6 Å². The molecule has 4 rings (SSSR count). The van der Waals surface area contributed by atoms with Crippen LogP contribution in [0.5, 0.6) is 0 Å². The number of aliphatic hydroxyl groups excluding tert-OH is 1. The van der Waals surface area contributed by atoms with Gasteiger partial charge in [0.15, 0.2) is 5.82 Å². The molecule has 0 radical (unpaired) electrons. The maximum absolute atomic E-state index is 14.4. The van der Waals surface area contributed by atoms with Gasteiger partial charge in [-0.3, -0.25) is 4.98 Å². The molecule has 0 bridgehead atoms. The number of pyridine rings is 1. The number of halogens is 3. The van der Waals surface area contributed by atoms with Crippen LogP contribution in [0.1, 0.15) is 12.8 Å². The summed E-state index contributed by atoms with van der Waals surface area (Å²) in [6.07, 6.45) is 4.13. The normalized spacial score (nSPS) is 15.6. The highest BCUT2D eigenvalue weighted by Crippen LogP contribution is 2.31. The minimum absolute atomic E-state index is 0.0519. The molecular weight excluding hydrogens is 362 g/mol. The number of benzene rings is 1. The molecule has 0 atom stereocenters. The number of rotatable bonds is 2. The number of hydrogen-bond donors (Lipinski definition) is 1. The second-order valence-corrected chi connectivity index (χ2v) is 6.64. The number of anilines is 1. The van der Waals surface area contributed by atoms with Gasteiger partial charge in [0.2, 0.25) is 0 Å². The molecule has 0 aliphatic carbocycles. The Hall–Kier alpha value is -2.38. The van der Waals surface area contributed by atoms with Crippen molar-refractivity contribution < 1.29 is 13.9 Å². The third kappa shape index (κ3) is 3.08. The van der Waals surface area contributed by atoms with Gasteiger partial charge in [-0.25, -0.2) is 18.7 Å². The maximum Gasteiger partial charge on any atom is 0.165 e. The second kappa shape index (κ2) is 6.74. The molecule has 1 aliphatic rings. The van der Waals surface area contributed by atoms with Gasteiger partial charge in [-0.1, -0.05) is 11.6 Å². The lowest BCUT2D eigenvalue weighted by atomic mass is 10.1. The Morgan fingerprint density at radius 3 is 2.65 bits per heavy atom. The molecule has 134 valence electrons. The molecule has 0 spiro atoms. The van der Waals surface area contributed by atoms with E-state index in [0.717, 1.165) is 17.5 Å². The lowest BCUT2D eigenvalue weighted by molar-refractivity contribution is 0.145. The number of nitrogens with zero attached hydrogens (tertiary/aromatic N) is 4. The zero-order valence-electron chi connectivity index (χ0n) is 13.7. The summed E-state index contributed by atoms with van der Waals surface area (Å²) in [4.78, 5) is 15.0. The first-order valence-corrected chi connectivity index (χ1v) is 8.60. The van der Waals surface area contributed by atoms with Crippen LogP contribution in [0.4, 0.5) is 14.6 Å². The zero-order chi connectivity index (χ0) is 18.3. The smallest absolute Gasteiger partial charge is 0.165 e. The van der Waals surface area contributed by atoms with E-state index in [1.54, 1.807) is 18.5 Å². The van der Waals surface area contributed by atoms with Crippen molar-refractivity contribution in [3.8, 4) is 11.4 Å². The summed E-state index contributed by atoms with van der Waals surface area (Å²) in [6, 6.07) is 3.63. The van der Waals surface area contributed by atoms with Crippen molar-refractivity contribution in [2.45, 2.75) is 18.9 Å². The van der Waals surface area contributed by atoms with Crippen LogP contribution in [0.15, 0.2) is 30.6 Å². The van der Waals surface area contributed by atoms with E-state index in [1.807, 2.05) is 4.90 Å². The third-order valence-electron chi connectivity index (χ3n) is 4.49. The van der Waals surface area contributed by atoms with Gasteiger partial charge in [-0.05, 0) is 31.0 Å². The Bertz CT molecular complexity index is 977. The van der Waals surface area contributed by atoms with Crippen LogP contribution in [0.25, 0.3) is 22.3 Å². The first-order valence-electron chi connectivity index (χ1n) is 8.22. The molecule has 3 aromatic rings. The summed E-state index contributed by atoms with van der Waals surface area (Å²) >= 11 is 5.64. The maximum atomic E-state index is 14.4. The summed E-state index contributed by atoms with van der Waals surface area (Å²) in [5.41, 5.74) is 0.532. The quantitative estimate of drug-likeness (QED) is 0.693. The standard InChI is InChI=1S/C18H15ClF2N4O/c19-13-8-14(20)11(7-15(13)21)17-23-16-1-4-22-9-12(16)18(24-17)25-5-2-10(26)3-6-25/h1,4,7-10,26H,2-3,5-6H2. The SMILES string of the molecule is OC1CCN(c2nc(-c3cc(F)c(Cl)cc3F)nc3ccncc23)CC1. The molecule has 2 aromatic heterocycles. The van der Waals surface area contributed by atoms with Gasteiger partial charge in [-0.2, -0.15) is 0 Å². The van der Waals surface area contributed by atoms with E-state index < -0.39 is 11.6 Å². The van der Waals surface area contributed by atoms with E-state index in [2.05, 4.69) is 15.0 Å². The lowest BCUT2D eigenvalue weighted by Crippen LogP contribution is -2.36. The van der Waals surface area contributed by atoms with Crippen molar-refractivity contribution in [2.75, 3.05) is 18.0 Å². The van der Waals surface area contributed by atoms with Crippen molar-refractivity contribution in [2.24, 2.45) is 0 Å². The Balaban J connectivity index is 1.88. The first-order chi connectivity index (χ1) is 12.5. The predicted molar refractivity (Wildman–Crippen MR) is 95.1 cm³/mol. The van der Waals surface area contributed by atoms with E-state index in [0.29, 0.717) is 37.3 Å². The highest BCUT2D eigenvalue weighted by molar-refractivity contribution is 6.30. The molecule has 8 heteroatoms. The predicted octanol–water partition coefficient (Wildman–Crippen LogP) is 3.58. The number of aliphatic hydroxyl groups is 1. The Morgan fingerprint density at radius 2 is 1.88 bits per heavy atom. The summed E-state index contributed by atoms with van der Waals surface area (Å²) in [6.45, 7) is 1.22. The molecule has 1 aliphatic heterocycles. The van der Waals surface area contributed by atoms with E-state index in [1.165, 1.54) is 0 Å². The first kappa shape index (κ1) is 17.1. The summed E-state index contributed by atoms with van der Waals surface area (Å²) in [5, 5.41) is 10.2. The summed E-state index contributed by atoms with van der Waals surface area (Å²) in [7, 11) is 0. The van der Waals surface area contributed by atoms with Gasteiger partial charge in [0.25, 0.3) is 0 Å². The minimum atomic E-state index is -0.732. The summed E-state index contributed by atoms with van der Waals surface area (Å²) in [5.74, 6) is -0.744.